The number of thiazole rings is 1. The summed E-state index contributed by atoms with van der Waals surface area (Å²) in [6.45, 7) is -0.948. The highest BCUT2D eigenvalue weighted by Crippen LogP contribution is 2.38. The zero-order chi connectivity index (χ0) is 26.2. The van der Waals surface area contributed by atoms with Crippen molar-refractivity contribution in [2.75, 3.05) is 40.0 Å². The third kappa shape index (κ3) is 7.34. The number of hydrogen-bond acceptors (Lipinski definition) is 9. The summed E-state index contributed by atoms with van der Waals surface area (Å²) in [5.41, 5.74) is -1.88. The monoisotopic (exact) mass is 521 g/mol. The molecule has 0 spiro atoms. The molecule has 1 aromatic rings. The number of likely N-dealkylation sites (N-methyl/N-ethyl adjacent to an activating group) is 1. The van der Waals surface area contributed by atoms with Crippen molar-refractivity contribution in [3.8, 4) is 0 Å². The summed E-state index contributed by atoms with van der Waals surface area (Å²) in [7, 11) is 1.59. The molecule has 2 unspecified atom stereocenters. The molecule has 14 heteroatoms. The molecule has 0 bridgehead atoms. The van der Waals surface area contributed by atoms with Crippen molar-refractivity contribution in [1.82, 2.24) is 20.5 Å². The van der Waals surface area contributed by atoms with Gasteiger partial charge in [0.1, 0.15) is 18.8 Å². The Morgan fingerprint density at radius 2 is 2.11 bits per heavy atom. The average molecular weight is 522 g/mol. The maximum Gasteiger partial charge on any atom is 0.416 e. The summed E-state index contributed by atoms with van der Waals surface area (Å²) in [5, 5.41) is 36.6. The van der Waals surface area contributed by atoms with E-state index in [9.17, 15) is 37.7 Å². The summed E-state index contributed by atoms with van der Waals surface area (Å²) in [6, 6.07) is -3.25. The number of aliphatic hydroxyl groups excluding tert-OH is 2. The minimum atomic E-state index is -4.96. The van der Waals surface area contributed by atoms with E-state index in [1.165, 1.54) is 11.1 Å². The lowest BCUT2D eigenvalue weighted by molar-refractivity contribution is -0.144. The van der Waals surface area contributed by atoms with Crippen LogP contribution in [0.1, 0.15) is 11.9 Å². The summed E-state index contributed by atoms with van der Waals surface area (Å²) in [4.78, 5) is 21.1. The van der Waals surface area contributed by atoms with Crippen molar-refractivity contribution < 1.29 is 37.7 Å². The zero-order valence-electron chi connectivity index (χ0n) is 19.0. The van der Waals surface area contributed by atoms with Crippen LogP contribution >= 0.6 is 11.3 Å². The lowest BCUT2D eigenvalue weighted by Gasteiger charge is -2.34. The second-order valence-corrected chi connectivity index (χ2v) is 8.34. The molecule has 0 aromatic carbocycles. The van der Waals surface area contributed by atoms with Crippen molar-refractivity contribution in [3.63, 3.8) is 0 Å². The lowest BCUT2D eigenvalue weighted by Crippen LogP contribution is -2.50. The van der Waals surface area contributed by atoms with Gasteiger partial charge >= 0.3 is 12.1 Å². The van der Waals surface area contributed by atoms with E-state index in [4.69, 9.17) is 0 Å². The van der Waals surface area contributed by atoms with Gasteiger partial charge in [0.2, 0.25) is 0 Å². The van der Waals surface area contributed by atoms with E-state index in [0.717, 1.165) is 30.4 Å². The maximum absolute atomic E-state index is 14.4. The van der Waals surface area contributed by atoms with Crippen molar-refractivity contribution in [1.29, 1.82) is 0 Å². The summed E-state index contributed by atoms with van der Waals surface area (Å²) in [6.07, 6.45) is -1.54. The summed E-state index contributed by atoms with van der Waals surface area (Å²) in [5.74, 6) is -1.92. The molecule has 2 atom stereocenters. The van der Waals surface area contributed by atoms with Crippen LogP contribution in [0, 0.1) is 0 Å². The first-order valence-corrected chi connectivity index (χ1v) is 11.3. The van der Waals surface area contributed by atoms with Crippen LogP contribution in [0.25, 0.3) is 0 Å². The molecule has 0 amide bonds. The van der Waals surface area contributed by atoms with Crippen LogP contribution in [0.4, 0.5) is 17.6 Å². The van der Waals surface area contributed by atoms with Crippen molar-refractivity contribution in [3.05, 3.63) is 51.3 Å². The smallest absolute Gasteiger partial charge is 0.416 e. The lowest BCUT2D eigenvalue weighted by atomic mass is 9.93. The van der Waals surface area contributed by atoms with Crippen molar-refractivity contribution in [2.24, 2.45) is 4.99 Å². The number of carbonyl (C=O) groups is 1. The number of carboxylic acid groups (broad SMARTS) is 1. The normalized spacial score (nSPS) is 18.5. The highest BCUT2D eigenvalue weighted by atomic mass is 32.1. The Bertz CT molecular complexity index is 988. The standard InChI is InChI=1S/C21H27F4N5O4S/c1-12(32)13(4-3-5-22)17-16(21(23,24)25)14(28-18(29-17)19-27-7-9-35-19)10-30(8-6-26-2)15(11-31)20(33)34/h3-4,7,9,15,17,26,31-32H,5-6,8,10-11H2,1-2H3,(H,28,29)(H,33,34)/b4-3-,13-12-. The van der Waals surface area contributed by atoms with Gasteiger partial charge in [0.05, 0.1) is 17.9 Å². The fraction of sp³-hybridized carbons (Fsp3) is 0.476. The predicted octanol–water partition coefficient (Wildman–Crippen LogP) is 2.00. The van der Waals surface area contributed by atoms with E-state index in [1.54, 1.807) is 12.4 Å². The molecular formula is C21H27F4N5O4S. The Morgan fingerprint density at radius 3 is 2.60 bits per heavy atom. The van der Waals surface area contributed by atoms with Gasteiger partial charge in [-0.15, -0.1) is 11.3 Å². The number of aromatic nitrogens is 1. The molecule has 0 fully saturated rings. The fourth-order valence-electron chi connectivity index (χ4n) is 3.46. The van der Waals surface area contributed by atoms with Crippen LogP contribution in [0.3, 0.4) is 0 Å². The molecule has 0 saturated carbocycles. The van der Waals surface area contributed by atoms with Gasteiger partial charge < -0.3 is 26.0 Å². The number of aliphatic hydroxyl groups is 2. The molecule has 0 saturated heterocycles. The Labute approximate surface area is 203 Å². The topological polar surface area (TPSA) is 130 Å². The van der Waals surface area contributed by atoms with Crippen molar-refractivity contribution >= 4 is 23.1 Å². The molecule has 2 heterocycles. The summed E-state index contributed by atoms with van der Waals surface area (Å²) < 4.78 is 56.1. The van der Waals surface area contributed by atoms with Crippen LogP contribution < -0.4 is 10.6 Å². The SMILES string of the molecule is CNCCN(CC1=C(C(F)(F)F)C(C(/C=C\CF)=C(/C)O)N=C(c2nccs2)N1)C(CO)C(=O)O. The number of hydrogen-bond donors (Lipinski definition) is 5. The molecule has 35 heavy (non-hydrogen) atoms. The van der Waals surface area contributed by atoms with Gasteiger partial charge in [0.15, 0.2) is 10.8 Å². The molecule has 194 valence electrons. The first kappa shape index (κ1) is 28.4. The number of nitrogens with zero attached hydrogens (tertiary/aromatic N) is 3. The number of allylic oxidation sites excluding steroid dienone is 2. The van der Waals surface area contributed by atoms with E-state index in [0.29, 0.717) is 0 Å². The molecule has 1 aliphatic rings. The number of carboxylic acids is 1. The molecule has 0 aliphatic carbocycles. The van der Waals surface area contributed by atoms with E-state index >= 15 is 0 Å². The Morgan fingerprint density at radius 1 is 1.40 bits per heavy atom. The predicted molar refractivity (Wildman–Crippen MR) is 123 cm³/mol. The molecule has 2 rings (SSSR count). The van der Waals surface area contributed by atoms with Gasteiger partial charge in [-0.3, -0.25) is 14.7 Å². The van der Waals surface area contributed by atoms with Crippen LogP contribution in [0.2, 0.25) is 0 Å². The number of nitrogens with one attached hydrogen (secondary N) is 2. The third-order valence-electron chi connectivity index (χ3n) is 5.07. The largest absolute Gasteiger partial charge is 0.512 e. The Kier molecular flexibility index (Phi) is 10.4. The van der Waals surface area contributed by atoms with Gasteiger partial charge in [0, 0.05) is 42.5 Å². The molecule has 1 aliphatic heterocycles. The van der Waals surface area contributed by atoms with Crippen LogP contribution in [-0.4, -0.2) is 95.2 Å². The van der Waals surface area contributed by atoms with Gasteiger partial charge in [-0.25, -0.2) is 9.37 Å². The molecule has 0 radical (unpaired) electrons. The summed E-state index contributed by atoms with van der Waals surface area (Å²) >= 11 is 1.11. The quantitative estimate of drug-likeness (QED) is 0.160. The highest BCUT2D eigenvalue weighted by Gasteiger charge is 2.46. The maximum atomic E-state index is 14.4. The Hall–Kier alpha value is -2.81. The van der Waals surface area contributed by atoms with Gasteiger partial charge in [-0.2, -0.15) is 13.2 Å². The van der Waals surface area contributed by atoms with Crippen LogP contribution in [-0.2, 0) is 4.79 Å². The number of halogens is 4. The highest BCUT2D eigenvalue weighted by molar-refractivity contribution is 7.11. The Balaban J connectivity index is 2.72. The van der Waals surface area contributed by atoms with E-state index in [2.05, 4.69) is 20.6 Å². The molecule has 5 N–H and O–H groups in total. The van der Waals surface area contributed by atoms with Gasteiger partial charge in [-0.1, -0.05) is 12.2 Å². The van der Waals surface area contributed by atoms with Gasteiger partial charge in [0.25, 0.3) is 0 Å². The van der Waals surface area contributed by atoms with E-state index < -0.39 is 61.1 Å². The number of amidine groups is 1. The first-order chi connectivity index (χ1) is 16.5. The second-order valence-electron chi connectivity index (χ2n) is 7.44. The minimum absolute atomic E-state index is 0.00220. The van der Waals surface area contributed by atoms with Crippen LogP contribution in [0.15, 0.2) is 51.3 Å². The van der Waals surface area contributed by atoms with Gasteiger partial charge in [-0.05, 0) is 14.0 Å². The number of aliphatic imine (C=N–C) groups is 1. The van der Waals surface area contributed by atoms with Crippen LogP contribution in [0.5, 0.6) is 0 Å². The fourth-order valence-corrected chi connectivity index (χ4v) is 4.05. The minimum Gasteiger partial charge on any atom is -0.512 e. The van der Waals surface area contributed by atoms with E-state index in [-0.39, 0.29) is 29.5 Å². The van der Waals surface area contributed by atoms with E-state index in [1.807, 2.05) is 0 Å². The number of rotatable bonds is 12. The molecule has 9 nitrogen and oxygen atoms in total. The molecule has 1 aromatic heterocycles. The van der Waals surface area contributed by atoms with Crippen molar-refractivity contribution in [2.45, 2.75) is 25.2 Å². The number of aliphatic carboxylic acids is 1. The number of alkyl halides is 4. The second kappa shape index (κ2) is 12.8. The zero-order valence-corrected chi connectivity index (χ0v) is 19.8. The third-order valence-corrected chi connectivity index (χ3v) is 5.85. The first-order valence-electron chi connectivity index (χ1n) is 10.4. The average Bonchev–Trinajstić information content (AvgIpc) is 3.31. The molecular weight excluding hydrogens is 494 g/mol.